The van der Waals surface area contributed by atoms with Crippen LogP contribution in [0.2, 0.25) is 0 Å². The van der Waals surface area contributed by atoms with Gasteiger partial charge < -0.3 is 19.9 Å². The first-order valence-corrected chi connectivity index (χ1v) is 10.7. The number of carbonyl (C=O) groups excluding carboxylic acids is 2. The average molecular weight is 383 g/mol. The quantitative estimate of drug-likeness (QED) is 0.872. The van der Waals surface area contributed by atoms with Crippen LogP contribution in [0.25, 0.3) is 0 Å². The van der Waals surface area contributed by atoms with Crippen LogP contribution in [0.15, 0.2) is 18.2 Å². The summed E-state index contributed by atoms with van der Waals surface area (Å²) >= 11 is 0. The van der Waals surface area contributed by atoms with Gasteiger partial charge >= 0.3 is 6.03 Å². The molecule has 1 aromatic rings. The molecular formula is C22H29N3O3. The summed E-state index contributed by atoms with van der Waals surface area (Å²) < 4.78 is 6.02. The van der Waals surface area contributed by atoms with E-state index in [0.717, 1.165) is 44.6 Å². The zero-order valence-electron chi connectivity index (χ0n) is 16.4. The lowest BCUT2D eigenvalue weighted by molar-refractivity contribution is -0.119. The molecule has 5 rings (SSSR count). The van der Waals surface area contributed by atoms with Gasteiger partial charge in [0.25, 0.3) is 0 Å². The number of carbonyl (C=O) groups is 2. The monoisotopic (exact) mass is 383 g/mol. The van der Waals surface area contributed by atoms with E-state index in [1.807, 2.05) is 9.80 Å². The smallest absolute Gasteiger partial charge is 0.320 e. The molecule has 3 saturated heterocycles. The fourth-order valence-electron chi connectivity index (χ4n) is 5.16. The molecule has 1 spiro atoms. The van der Waals surface area contributed by atoms with Crippen molar-refractivity contribution in [2.75, 3.05) is 32.8 Å². The number of hydrogen-bond donors (Lipinski definition) is 1. The Morgan fingerprint density at radius 1 is 1.11 bits per heavy atom. The largest absolute Gasteiger partial charge is 0.493 e. The van der Waals surface area contributed by atoms with Crippen LogP contribution in [0, 0.1) is 5.92 Å². The summed E-state index contributed by atoms with van der Waals surface area (Å²) in [7, 11) is 0. The molecule has 3 fully saturated rings. The summed E-state index contributed by atoms with van der Waals surface area (Å²) in [6.45, 7) is 3.60. The van der Waals surface area contributed by atoms with E-state index >= 15 is 0 Å². The summed E-state index contributed by atoms with van der Waals surface area (Å²) in [6, 6.07) is 6.62. The molecule has 1 atom stereocenters. The van der Waals surface area contributed by atoms with Gasteiger partial charge in [-0.2, -0.15) is 0 Å². The number of hydrogen-bond acceptors (Lipinski definition) is 3. The minimum absolute atomic E-state index is 0.114. The summed E-state index contributed by atoms with van der Waals surface area (Å²) in [4.78, 5) is 28.1. The minimum atomic E-state index is -0.160. The second-order valence-corrected chi connectivity index (χ2v) is 9.00. The number of aryl methyl sites for hydroxylation is 2. The van der Waals surface area contributed by atoms with Crippen LogP contribution in [0.4, 0.5) is 4.79 Å². The first kappa shape index (κ1) is 17.8. The number of ether oxygens (including phenoxy) is 1. The standard InChI is InChI=1S/C22H29N3O3/c26-20-7-8-22(23-20)9-10-24(15-22)21(27)25-12-16(13-25)14-28-19-6-5-17-3-1-2-4-18(17)11-19/h5-6,11,16H,1-4,7-10,12-15H2,(H,23,26). The van der Waals surface area contributed by atoms with Crippen LogP contribution in [-0.2, 0) is 17.6 Å². The lowest BCUT2D eigenvalue weighted by Crippen LogP contribution is -2.56. The number of amides is 3. The topological polar surface area (TPSA) is 61.9 Å². The Hall–Kier alpha value is -2.24. The molecule has 28 heavy (non-hydrogen) atoms. The highest BCUT2D eigenvalue weighted by Crippen LogP contribution is 2.32. The Morgan fingerprint density at radius 3 is 2.71 bits per heavy atom. The van der Waals surface area contributed by atoms with Crippen molar-refractivity contribution in [3.05, 3.63) is 29.3 Å². The van der Waals surface area contributed by atoms with Gasteiger partial charge in [-0.3, -0.25) is 4.79 Å². The van der Waals surface area contributed by atoms with E-state index in [0.29, 0.717) is 25.5 Å². The zero-order valence-corrected chi connectivity index (χ0v) is 16.4. The molecule has 6 nitrogen and oxygen atoms in total. The lowest BCUT2D eigenvalue weighted by Gasteiger charge is -2.41. The van der Waals surface area contributed by atoms with Crippen LogP contribution in [0.1, 0.15) is 43.2 Å². The minimum Gasteiger partial charge on any atom is -0.493 e. The van der Waals surface area contributed by atoms with Gasteiger partial charge in [0.2, 0.25) is 5.91 Å². The Labute approximate surface area is 166 Å². The van der Waals surface area contributed by atoms with Crippen molar-refractivity contribution in [2.24, 2.45) is 5.92 Å². The second kappa shape index (κ2) is 6.98. The molecule has 3 aliphatic heterocycles. The maximum Gasteiger partial charge on any atom is 0.320 e. The number of nitrogens with zero attached hydrogens (tertiary/aromatic N) is 2. The molecule has 4 aliphatic rings. The molecule has 0 radical (unpaired) electrons. The van der Waals surface area contributed by atoms with Gasteiger partial charge in [0, 0.05) is 38.5 Å². The van der Waals surface area contributed by atoms with Crippen molar-refractivity contribution >= 4 is 11.9 Å². The molecule has 3 heterocycles. The molecule has 6 heteroatoms. The van der Waals surface area contributed by atoms with E-state index in [2.05, 4.69) is 23.5 Å². The van der Waals surface area contributed by atoms with Gasteiger partial charge in [0.05, 0.1) is 12.1 Å². The predicted molar refractivity (Wildman–Crippen MR) is 105 cm³/mol. The molecule has 3 amide bonds. The molecule has 0 saturated carbocycles. The van der Waals surface area contributed by atoms with E-state index in [9.17, 15) is 9.59 Å². The lowest BCUT2D eigenvalue weighted by atomic mass is 9.92. The number of nitrogens with one attached hydrogen (secondary N) is 1. The summed E-state index contributed by atoms with van der Waals surface area (Å²) in [6.07, 6.45) is 7.25. The van der Waals surface area contributed by atoms with Gasteiger partial charge in [-0.1, -0.05) is 6.07 Å². The Kier molecular flexibility index (Phi) is 4.44. The van der Waals surface area contributed by atoms with Crippen molar-refractivity contribution in [2.45, 2.75) is 50.5 Å². The summed E-state index contributed by atoms with van der Waals surface area (Å²) in [5.41, 5.74) is 2.75. The number of rotatable bonds is 3. The number of benzene rings is 1. The average Bonchev–Trinajstić information content (AvgIpc) is 3.26. The van der Waals surface area contributed by atoms with E-state index in [-0.39, 0.29) is 17.5 Å². The maximum atomic E-state index is 12.7. The van der Waals surface area contributed by atoms with E-state index in [1.54, 1.807) is 0 Å². The zero-order chi connectivity index (χ0) is 19.1. The molecule has 1 aliphatic carbocycles. The first-order valence-electron chi connectivity index (χ1n) is 10.7. The predicted octanol–water partition coefficient (Wildman–Crippen LogP) is 2.35. The molecule has 1 unspecified atom stereocenters. The molecular weight excluding hydrogens is 354 g/mol. The summed E-state index contributed by atoms with van der Waals surface area (Å²) in [5.74, 6) is 1.49. The molecule has 150 valence electrons. The van der Waals surface area contributed by atoms with Crippen molar-refractivity contribution in [3.63, 3.8) is 0 Å². The second-order valence-electron chi connectivity index (χ2n) is 9.00. The van der Waals surface area contributed by atoms with Crippen LogP contribution in [-0.4, -0.2) is 60.1 Å². The van der Waals surface area contributed by atoms with Crippen molar-refractivity contribution in [1.29, 1.82) is 0 Å². The van der Waals surface area contributed by atoms with E-state index in [1.165, 1.54) is 30.4 Å². The molecule has 0 aromatic heterocycles. The highest BCUT2D eigenvalue weighted by molar-refractivity contribution is 5.80. The summed E-state index contributed by atoms with van der Waals surface area (Å²) in [5, 5.41) is 3.09. The van der Waals surface area contributed by atoms with Gasteiger partial charge in [0.1, 0.15) is 5.75 Å². The van der Waals surface area contributed by atoms with Gasteiger partial charge in [-0.05, 0) is 61.8 Å². The SMILES string of the molecule is O=C1CCC2(CCN(C(=O)N3CC(COc4ccc5c(c4)CCCC5)C3)C2)N1. The van der Waals surface area contributed by atoms with Crippen LogP contribution in [0.3, 0.4) is 0 Å². The van der Waals surface area contributed by atoms with Crippen LogP contribution < -0.4 is 10.1 Å². The number of likely N-dealkylation sites (tertiary alicyclic amines) is 2. The van der Waals surface area contributed by atoms with Crippen molar-refractivity contribution < 1.29 is 14.3 Å². The van der Waals surface area contributed by atoms with Crippen LogP contribution >= 0.6 is 0 Å². The third kappa shape index (κ3) is 3.33. The third-order valence-corrected chi connectivity index (χ3v) is 6.89. The van der Waals surface area contributed by atoms with Crippen molar-refractivity contribution in [1.82, 2.24) is 15.1 Å². The van der Waals surface area contributed by atoms with E-state index < -0.39 is 0 Å². The number of fused-ring (bicyclic) bond motifs is 1. The fraction of sp³-hybridized carbons (Fsp3) is 0.636. The fourth-order valence-corrected chi connectivity index (χ4v) is 5.16. The Bertz CT molecular complexity index is 789. The molecule has 0 bridgehead atoms. The van der Waals surface area contributed by atoms with Crippen molar-refractivity contribution in [3.8, 4) is 5.75 Å². The van der Waals surface area contributed by atoms with E-state index in [4.69, 9.17) is 4.74 Å². The van der Waals surface area contributed by atoms with Crippen LogP contribution in [0.5, 0.6) is 5.75 Å². The third-order valence-electron chi connectivity index (χ3n) is 6.89. The highest BCUT2D eigenvalue weighted by atomic mass is 16.5. The Balaban J connectivity index is 1.08. The van der Waals surface area contributed by atoms with Gasteiger partial charge in [-0.15, -0.1) is 0 Å². The van der Waals surface area contributed by atoms with Gasteiger partial charge in [-0.25, -0.2) is 4.79 Å². The first-order chi connectivity index (χ1) is 13.6. The van der Waals surface area contributed by atoms with Gasteiger partial charge in [0.15, 0.2) is 0 Å². The number of urea groups is 1. The highest BCUT2D eigenvalue weighted by Gasteiger charge is 2.46. The Morgan fingerprint density at radius 2 is 1.93 bits per heavy atom. The normalized spacial score (nSPS) is 26.9. The maximum absolute atomic E-state index is 12.7. The molecule has 1 aromatic carbocycles. The molecule has 1 N–H and O–H groups in total.